The van der Waals surface area contributed by atoms with Gasteiger partial charge in [0.05, 0.1) is 11.1 Å². The van der Waals surface area contributed by atoms with Gasteiger partial charge in [0.25, 0.3) is 5.91 Å². The lowest BCUT2D eigenvalue weighted by molar-refractivity contribution is -0.141. The molecular formula is C12H11BrClNO4. The van der Waals surface area contributed by atoms with Crippen molar-refractivity contribution in [2.24, 2.45) is 0 Å². The van der Waals surface area contributed by atoms with Gasteiger partial charge in [0.15, 0.2) is 0 Å². The third-order valence-electron chi connectivity index (χ3n) is 2.99. The third-order valence-corrected chi connectivity index (χ3v) is 4.21. The molecule has 0 bridgehead atoms. The van der Waals surface area contributed by atoms with Gasteiger partial charge in [0.1, 0.15) is 6.04 Å². The number of carboxylic acid groups (broad SMARTS) is 1. The number of β-amino-alcohol motifs (C(OH)–C–C–N with tert-alkyl or cyclic N) is 1. The Morgan fingerprint density at radius 3 is 2.68 bits per heavy atom. The van der Waals surface area contributed by atoms with E-state index in [1.54, 1.807) is 6.07 Å². The maximum atomic E-state index is 12.3. The number of halogens is 2. The molecule has 1 heterocycles. The zero-order chi connectivity index (χ0) is 14.2. The fraction of sp³-hybridized carbons (Fsp3) is 0.333. The van der Waals surface area contributed by atoms with E-state index in [0.29, 0.717) is 15.1 Å². The van der Waals surface area contributed by atoms with E-state index in [0.717, 1.165) is 0 Å². The molecule has 1 aromatic rings. The molecule has 0 radical (unpaired) electrons. The average Bonchev–Trinajstić information content (AvgIpc) is 2.74. The molecule has 19 heavy (non-hydrogen) atoms. The van der Waals surface area contributed by atoms with E-state index in [4.69, 9.17) is 16.7 Å². The summed E-state index contributed by atoms with van der Waals surface area (Å²) in [7, 11) is 0. The molecule has 1 saturated heterocycles. The smallest absolute Gasteiger partial charge is 0.326 e. The normalized spacial score (nSPS) is 22.6. The number of carbonyl (C=O) groups is 2. The Balaban J connectivity index is 2.27. The molecule has 7 heteroatoms. The Bertz CT molecular complexity index is 536. The first-order chi connectivity index (χ1) is 8.90. The maximum Gasteiger partial charge on any atom is 0.326 e. The number of carboxylic acids is 1. The lowest BCUT2D eigenvalue weighted by Crippen LogP contribution is -2.40. The summed E-state index contributed by atoms with van der Waals surface area (Å²) in [5.74, 6) is -1.54. The monoisotopic (exact) mass is 347 g/mol. The second-order valence-corrected chi connectivity index (χ2v) is 5.59. The average molecular weight is 349 g/mol. The van der Waals surface area contributed by atoms with E-state index in [9.17, 15) is 14.7 Å². The summed E-state index contributed by atoms with van der Waals surface area (Å²) in [5, 5.41) is 19.1. The summed E-state index contributed by atoms with van der Waals surface area (Å²) in [5.41, 5.74) is 0.330. The molecule has 1 aliphatic rings. The molecule has 2 atom stereocenters. The highest BCUT2D eigenvalue weighted by Crippen LogP contribution is 2.26. The highest BCUT2D eigenvalue weighted by Gasteiger charge is 2.39. The van der Waals surface area contributed by atoms with Crippen LogP contribution >= 0.6 is 27.5 Å². The zero-order valence-electron chi connectivity index (χ0n) is 9.72. The molecule has 1 fully saturated rings. The van der Waals surface area contributed by atoms with E-state index in [-0.39, 0.29) is 13.0 Å². The Hall–Kier alpha value is -1.11. The van der Waals surface area contributed by atoms with E-state index in [2.05, 4.69) is 15.9 Å². The molecule has 1 amide bonds. The van der Waals surface area contributed by atoms with Crippen molar-refractivity contribution in [3.63, 3.8) is 0 Å². The molecule has 0 spiro atoms. The standard InChI is InChI=1S/C12H11BrClNO4/c13-8-3-6(1-2-9(8)14)11(17)15-5-7(16)4-10(15)12(18)19/h1-3,7,10,16H,4-5H2,(H,18,19)/t7-,10-/m0/s1. The number of amides is 1. The van der Waals surface area contributed by atoms with Crippen LogP contribution in [-0.2, 0) is 4.79 Å². The number of carbonyl (C=O) groups excluding carboxylic acids is 1. The molecule has 1 aliphatic heterocycles. The number of hydrogen-bond donors (Lipinski definition) is 2. The van der Waals surface area contributed by atoms with Gasteiger partial charge in [-0.25, -0.2) is 4.79 Å². The van der Waals surface area contributed by atoms with Crippen LogP contribution in [0.3, 0.4) is 0 Å². The number of hydrogen-bond acceptors (Lipinski definition) is 3. The first kappa shape index (κ1) is 14.3. The minimum Gasteiger partial charge on any atom is -0.480 e. The summed E-state index contributed by atoms with van der Waals surface area (Å²) in [6.45, 7) is 0.0239. The second kappa shape index (κ2) is 5.48. The van der Waals surface area contributed by atoms with Gasteiger partial charge in [-0.3, -0.25) is 4.79 Å². The zero-order valence-corrected chi connectivity index (χ0v) is 12.1. The van der Waals surface area contributed by atoms with Crippen LogP contribution in [0.25, 0.3) is 0 Å². The van der Waals surface area contributed by atoms with Crippen molar-refractivity contribution in [1.29, 1.82) is 0 Å². The Morgan fingerprint density at radius 2 is 2.11 bits per heavy atom. The van der Waals surface area contributed by atoms with Crippen LogP contribution in [0.1, 0.15) is 16.8 Å². The fourth-order valence-corrected chi connectivity index (χ4v) is 2.56. The number of rotatable bonds is 2. The number of nitrogens with zero attached hydrogens (tertiary/aromatic N) is 1. The van der Waals surface area contributed by atoms with Crippen LogP contribution < -0.4 is 0 Å². The Morgan fingerprint density at radius 1 is 1.42 bits per heavy atom. The number of likely N-dealkylation sites (tertiary alicyclic amines) is 1. The van der Waals surface area contributed by atoms with Crippen LogP contribution in [0.2, 0.25) is 5.02 Å². The van der Waals surface area contributed by atoms with Gasteiger partial charge in [-0.15, -0.1) is 0 Å². The molecular weight excluding hydrogens is 337 g/mol. The first-order valence-electron chi connectivity index (χ1n) is 5.57. The molecule has 0 unspecified atom stereocenters. The Kier molecular flexibility index (Phi) is 4.13. The van der Waals surface area contributed by atoms with Crippen LogP contribution in [0.15, 0.2) is 22.7 Å². The quantitative estimate of drug-likeness (QED) is 0.854. The predicted molar refractivity (Wildman–Crippen MR) is 72.2 cm³/mol. The van der Waals surface area contributed by atoms with E-state index < -0.39 is 24.0 Å². The minimum absolute atomic E-state index is 0.0239. The lowest BCUT2D eigenvalue weighted by Gasteiger charge is -2.21. The van der Waals surface area contributed by atoms with E-state index in [1.165, 1.54) is 17.0 Å². The van der Waals surface area contributed by atoms with Crippen molar-refractivity contribution < 1.29 is 19.8 Å². The largest absolute Gasteiger partial charge is 0.480 e. The molecule has 0 aromatic heterocycles. The summed E-state index contributed by atoms with van der Waals surface area (Å²) in [4.78, 5) is 24.5. The molecule has 102 valence electrons. The molecule has 2 N–H and O–H groups in total. The van der Waals surface area contributed by atoms with Gasteiger partial charge in [-0.1, -0.05) is 11.6 Å². The van der Waals surface area contributed by atoms with Crippen molar-refractivity contribution in [3.8, 4) is 0 Å². The van der Waals surface area contributed by atoms with Crippen LogP contribution in [0.4, 0.5) is 0 Å². The summed E-state index contributed by atoms with van der Waals surface area (Å²) in [6.07, 6.45) is -0.753. The van der Waals surface area contributed by atoms with E-state index in [1.807, 2.05) is 0 Å². The predicted octanol–water partition coefficient (Wildman–Crippen LogP) is 1.76. The van der Waals surface area contributed by atoms with Crippen molar-refractivity contribution in [2.45, 2.75) is 18.6 Å². The first-order valence-corrected chi connectivity index (χ1v) is 6.74. The van der Waals surface area contributed by atoms with Crippen molar-refractivity contribution >= 4 is 39.4 Å². The van der Waals surface area contributed by atoms with Crippen LogP contribution in [-0.4, -0.2) is 45.7 Å². The SMILES string of the molecule is O=C(O)[C@@H]1C[C@H](O)CN1C(=O)c1ccc(Cl)c(Br)c1. The number of aliphatic carboxylic acids is 1. The third kappa shape index (κ3) is 2.91. The van der Waals surface area contributed by atoms with Crippen LogP contribution in [0, 0.1) is 0 Å². The highest BCUT2D eigenvalue weighted by atomic mass is 79.9. The number of benzene rings is 1. The van der Waals surface area contributed by atoms with Crippen molar-refractivity contribution in [1.82, 2.24) is 4.90 Å². The topological polar surface area (TPSA) is 77.8 Å². The molecule has 2 rings (SSSR count). The highest BCUT2D eigenvalue weighted by molar-refractivity contribution is 9.10. The van der Waals surface area contributed by atoms with E-state index >= 15 is 0 Å². The minimum atomic E-state index is -1.11. The van der Waals surface area contributed by atoms with Gasteiger partial charge in [0.2, 0.25) is 0 Å². The summed E-state index contributed by atoms with van der Waals surface area (Å²) >= 11 is 9.05. The van der Waals surface area contributed by atoms with Gasteiger partial charge in [-0.2, -0.15) is 0 Å². The molecule has 5 nitrogen and oxygen atoms in total. The lowest BCUT2D eigenvalue weighted by atomic mass is 10.1. The molecule has 0 aliphatic carbocycles. The van der Waals surface area contributed by atoms with Gasteiger partial charge < -0.3 is 15.1 Å². The molecule has 0 saturated carbocycles. The second-order valence-electron chi connectivity index (χ2n) is 4.33. The van der Waals surface area contributed by atoms with Gasteiger partial charge >= 0.3 is 5.97 Å². The van der Waals surface area contributed by atoms with Gasteiger partial charge in [0, 0.05) is 23.0 Å². The van der Waals surface area contributed by atoms with Crippen molar-refractivity contribution in [2.75, 3.05) is 6.54 Å². The summed E-state index contributed by atoms with van der Waals surface area (Å²) < 4.78 is 0.562. The maximum absolute atomic E-state index is 12.3. The van der Waals surface area contributed by atoms with Crippen LogP contribution in [0.5, 0.6) is 0 Å². The van der Waals surface area contributed by atoms with Gasteiger partial charge in [-0.05, 0) is 34.1 Å². The Labute approximate surface area is 122 Å². The molecule has 1 aromatic carbocycles. The number of aliphatic hydroxyl groups excluding tert-OH is 1. The fourth-order valence-electron chi connectivity index (χ4n) is 2.07. The van der Waals surface area contributed by atoms with Crippen molar-refractivity contribution in [3.05, 3.63) is 33.3 Å². The summed E-state index contributed by atoms with van der Waals surface area (Å²) in [6, 6.07) is 3.63. The number of aliphatic hydroxyl groups is 1.